The number of aromatic nitrogens is 1. The van der Waals surface area contributed by atoms with E-state index >= 15 is 0 Å². The largest absolute Gasteiger partial charge is 0.309 e. The second-order valence-corrected chi connectivity index (χ2v) is 16.3. The second kappa shape index (κ2) is 13.6. The summed E-state index contributed by atoms with van der Waals surface area (Å²) in [5.74, 6) is 0. The van der Waals surface area contributed by atoms with Crippen LogP contribution in [0.1, 0.15) is 0 Å². The van der Waals surface area contributed by atoms with Crippen LogP contribution in [-0.2, 0) is 0 Å². The lowest BCUT2D eigenvalue weighted by Crippen LogP contribution is -2.10. The van der Waals surface area contributed by atoms with Crippen molar-refractivity contribution in [1.82, 2.24) is 4.57 Å². The van der Waals surface area contributed by atoms with Gasteiger partial charge >= 0.3 is 0 Å². The zero-order valence-electron chi connectivity index (χ0n) is 32.1. The van der Waals surface area contributed by atoms with Crippen LogP contribution in [0.5, 0.6) is 0 Å². The maximum absolute atomic E-state index is 2.51. The highest BCUT2D eigenvalue weighted by Gasteiger charge is 2.24. The van der Waals surface area contributed by atoms with E-state index in [1.807, 2.05) is 11.3 Å². The van der Waals surface area contributed by atoms with E-state index in [2.05, 4.69) is 228 Å². The van der Waals surface area contributed by atoms with Crippen LogP contribution in [0.3, 0.4) is 0 Å². The number of rotatable bonds is 6. The minimum Gasteiger partial charge on any atom is -0.309 e. The Bertz CT molecular complexity index is 3540. The van der Waals surface area contributed by atoms with Crippen LogP contribution < -0.4 is 4.90 Å². The molecule has 0 aliphatic carbocycles. The zero-order valence-corrected chi connectivity index (χ0v) is 32.9. The molecule has 10 aromatic carbocycles. The van der Waals surface area contributed by atoms with Crippen LogP contribution in [0.15, 0.2) is 218 Å². The van der Waals surface area contributed by atoms with Gasteiger partial charge in [-0.2, -0.15) is 0 Å². The molecule has 0 fully saturated rings. The predicted octanol–water partition coefficient (Wildman–Crippen LogP) is 16.3. The van der Waals surface area contributed by atoms with Crippen molar-refractivity contribution in [2.75, 3.05) is 4.90 Å². The molecule has 12 rings (SSSR count). The zero-order chi connectivity index (χ0) is 38.9. The van der Waals surface area contributed by atoms with Gasteiger partial charge in [0, 0.05) is 37.6 Å². The van der Waals surface area contributed by atoms with E-state index in [9.17, 15) is 0 Å². The highest BCUT2D eigenvalue weighted by Crippen LogP contribution is 2.49. The summed E-state index contributed by atoms with van der Waals surface area (Å²) < 4.78 is 4.98. The van der Waals surface area contributed by atoms with E-state index in [0.29, 0.717) is 0 Å². The molecule has 2 heterocycles. The Labute approximate surface area is 346 Å². The number of nitrogens with zero attached hydrogens (tertiary/aromatic N) is 2. The first-order valence-electron chi connectivity index (χ1n) is 20.2. The van der Waals surface area contributed by atoms with E-state index in [4.69, 9.17) is 0 Å². The Morgan fingerprint density at radius 3 is 1.85 bits per heavy atom. The van der Waals surface area contributed by atoms with Crippen molar-refractivity contribution in [3.8, 4) is 27.9 Å². The summed E-state index contributed by atoms with van der Waals surface area (Å²) in [6.07, 6.45) is 0. The molecular weight excluding hydrogens is 733 g/mol. The average molecular weight is 769 g/mol. The van der Waals surface area contributed by atoms with Crippen molar-refractivity contribution >= 4 is 91.9 Å². The molecule has 0 bridgehead atoms. The number of hydrogen-bond donors (Lipinski definition) is 0. The summed E-state index contributed by atoms with van der Waals surface area (Å²) >= 11 is 1.89. The lowest BCUT2D eigenvalue weighted by atomic mass is 9.93. The molecule has 59 heavy (non-hydrogen) atoms. The highest BCUT2D eigenvalue weighted by atomic mass is 32.1. The third-order valence-electron chi connectivity index (χ3n) is 11.9. The van der Waals surface area contributed by atoms with Gasteiger partial charge in [0.05, 0.1) is 27.1 Å². The summed E-state index contributed by atoms with van der Waals surface area (Å²) in [4.78, 5) is 2.51. The first-order chi connectivity index (χ1) is 29.3. The van der Waals surface area contributed by atoms with Crippen LogP contribution in [0.2, 0.25) is 0 Å². The van der Waals surface area contributed by atoms with Gasteiger partial charge in [-0.25, -0.2) is 0 Å². The fourth-order valence-electron chi connectivity index (χ4n) is 9.32. The minimum atomic E-state index is 1.11. The van der Waals surface area contributed by atoms with Gasteiger partial charge in [-0.1, -0.05) is 152 Å². The van der Waals surface area contributed by atoms with E-state index in [1.165, 1.54) is 91.5 Å². The lowest BCUT2D eigenvalue weighted by Gasteiger charge is -2.27. The third-order valence-corrected chi connectivity index (χ3v) is 13.1. The van der Waals surface area contributed by atoms with Crippen molar-refractivity contribution in [2.45, 2.75) is 0 Å². The molecule has 0 spiro atoms. The van der Waals surface area contributed by atoms with Crippen molar-refractivity contribution in [3.05, 3.63) is 218 Å². The van der Waals surface area contributed by atoms with Crippen LogP contribution >= 0.6 is 11.3 Å². The molecule has 0 saturated carbocycles. The number of benzene rings is 10. The summed E-state index contributed by atoms with van der Waals surface area (Å²) in [7, 11) is 0. The first-order valence-corrected chi connectivity index (χ1v) is 21.0. The van der Waals surface area contributed by atoms with Gasteiger partial charge in [0.25, 0.3) is 0 Å². The van der Waals surface area contributed by atoms with Gasteiger partial charge in [0.1, 0.15) is 0 Å². The van der Waals surface area contributed by atoms with E-state index in [1.54, 1.807) is 0 Å². The summed E-state index contributed by atoms with van der Waals surface area (Å²) in [6, 6.07) is 79.9. The van der Waals surface area contributed by atoms with Gasteiger partial charge in [0.15, 0.2) is 0 Å². The number of anilines is 3. The van der Waals surface area contributed by atoms with Gasteiger partial charge < -0.3 is 9.47 Å². The normalized spacial score (nSPS) is 11.7. The predicted molar refractivity (Wildman–Crippen MR) is 254 cm³/mol. The number of thiophene rings is 1. The fourth-order valence-corrected chi connectivity index (χ4v) is 10.5. The Morgan fingerprint density at radius 2 is 1.02 bits per heavy atom. The van der Waals surface area contributed by atoms with Crippen LogP contribution in [0.25, 0.3) is 91.5 Å². The molecular formula is C56H36N2S. The van der Waals surface area contributed by atoms with E-state index in [-0.39, 0.29) is 0 Å². The maximum Gasteiger partial charge on any atom is 0.0640 e. The molecule has 0 radical (unpaired) electrons. The summed E-state index contributed by atoms with van der Waals surface area (Å²) in [5.41, 5.74) is 11.8. The van der Waals surface area contributed by atoms with Gasteiger partial charge in [-0.05, 0) is 111 Å². The smallest absolute Gasteiger partial charge is 0.0640 e. The molecule has 0 N–H and O–H groups in total. The number of para-hydroxylation sites is 2. The summed E-state index contributed by atoms with van der Waals surface area (Å²) in [5, 5.41) is 10.1. The van der Waals surface area contributed by atoms with Crippen molar-refractivity contribution < 1.29 is 0 Å². The van der Waals surface area contributed by atoms with Crippen LogP contribution in [0.4, 0.5) is 17.1 Å². The Hall–Kier alpha value is -7.46. The third kappa shape index (κ3) is 5.40. The molecule has 2 nitrogen and oxygen atoms in total. The molecule has 276 valence electrons. The molecule has 0 amide bonds. The van der Waals surface area contributed by atoms with Gasteiger partial charge in [-0.3, -0.25) is 0 Å². The topological polar surface area (TPSA) is 8.17 Å². The minimum absolute atomic E-state index is 1.11. The van der Waals surface area contributed by atoms with E-state index in [0.717, 1.165) is 17.1 Å². The Kier molecular flexibility index (Phi) is 7.75. The molecule has 2 aromatic heterocycles. The second-order valence-electron chi connectivity index (χ2n) is 15.3. The van der Waals surface area contributed by atoms with Crippen molar-refractivity contribution in [2.24, 2.45) is 0 Å². The lowest BCUT2D eigenvalue weighted by molar-refractivity contribution is 1.18. The van der Waals surface area contributed by atoms with Gasteiger partial charge in [0.2, 0.25) is 0 Å². The standard InChI is InChI=1S/C56H36N2S/c1-3-15-37(16-4-1)41-35-40-18-8-9-21-44(40)48(36-41)39-29-32-43(33-30-39)58(52-28-13-24-47-54-45-22-10-7-17-38(45)31-34-53(54)59-56(47)52)51-27-14-26-50-55(51)46-23-11-12-25-49(46)57(50)42-19-5-2-6-20-42/h1-36H. The SMILES string of the molecule is c1ccc(-c2cc(-c3ccc(N(c4cccc5c4sc4ccc6ccccc6c45)c4cccc5c4c4ccccc4n5-c4ccccc4)cc3)c3ccccc3c2)cc1. The first kappa shape index (κ1) is 33.7. The van der Waals surface area contributed by atoms with Crippen molar-refractivity contribution in [3.63, 3.8) is 0 Å². The fraction of sp³-hybridized carbons (Fsp3) is 0. The van der Waals surface area contributed by atoms with E-state index < -0.39 is 0 Å². The van der Waals surface area contributed by atoms with Crippen molar-refractivity contribution in [1.29, 1.82) is 0 Å². The molecule has 0 aliphatic rings. The molecule has 0 atom stereocenters. The number of fused-ring (bicyclic) bond motifs is 9. The highest BCUT2D eigenvalue weighted by molar-refractivity contribution is 7.26. The summed E-state index contributed by atoms with van der Waals surface area (Å²) in [6.45, 7) is 0. The molecule has 0 saturated heterocycles. The molecule has 12 aromatic rings. The monoisotopic (exact) mass is 768 g/mol. The maximum atomic E-state index is 2.51. The average Bonchev–Trinajstić information content (AvgIpc) is 3.87. The Balaban J connectivity index is 1.12. The molecule has 3 heteroatoms. The van der Waals surface area contributed by atoms with Gasteiger partial charge in [-0.15, -0.1) is 11.3 Å². The molecule has 0 unspecified atom stereocenters. The van der Waals surface area contributed by atoms with Crippen LogP contribution in [0, 0.1) is 0 Å². The number of hydrogen-bond acceptors (Lipinski definition) is 2. The molecule has 0 aliphatic heterocycles. The quantitative estimate of drug-likeness (QED) is 0.164. The van der Waals surface area contributed by atoms with Crippen LogP contribution in [-0.4, -0.2) is 4.57 Å². The Morgan fingerprint density at radius 1 is 0.373 bits per heavy atom.